The van der Waals surface area contributed by atoms with Crippen LogP contribution in [0.5, 0.6) is 0 Å². The fourth-order valence-electron chi connectivity index (χ4n) is 7.85. The van der Waals surface area contributed by atoms with Crippen LogP contribution < -0.4 is 0 Å². The predicted molar refractivity (Wildman–Crippen MR) is 116 cm³/mol. The van der Waals surface area contributed by atoms with Crippen molar-refractivity contribution in [2.24, 2.45) is 34.5 Å². The lowest BCUT2D eigenvalue weighted by Crippen LogP contribution is -2.52. The number of hydrogen-bond donors (Lipinski definition) is 0. The average molecular weight is 397 g/mol. The van der Waals surface area contributed by atoms with Crippen LogP contribution in [-0.2, 0) is 4.79 Å². The number of rotatable bonds is 1. The van der Waals surface area contributed by atoms with Gasteiger partial charge in [-0.25, -0.2) is 0 Å². The zero-order valence-electron chi connectivity index (χ0n) is 17.3. The van der Waals surface area contributed by atoms with Gasteiger partial charge in [-0.1, -0.05) is 50.4 Å². The summed E-state index contributed by atoms with van der Waals surface area (Å²) in [6, 6.07) is 7.90. The van der Waals surface area contributed by atoms with E-state index in [4.69, 9.17) is 11.6 Å². The molecule has 0 aliphatic heterocycles. The molecule has 1 nitrogen and oxygen atoms in total. The molecule has 4 fully saturated rings. The summed E-state index contributed by atoms with van der Waals surface area (Å²) in [4.78, 5) is 13.5. The van der Waals surface area contributed by atoms with Crippen molar-refractivity contribution in [2.75, 3.05) is 0 Å². The van der Waals surface area contributed by atoms with E-state index in [1.165, 1.54) is 44.9 Å². The number of halogens is 1. The highest BCUT2D eigenvalue weighted by Crippen LogP contribution is 2.66. The number of carbonyl (C=O) groups is 1. The Kier molecular flexibility index (Phi) is 4.54. The van der Waals surface area contributed by atoms with Crippen LogP contribution in [0.2, 0.25) is 5.02 Å². The second-order valence-corrected chi connectivity index (χ2v) is 11.0. The molecule has 2 heteroatoms. The van der Waals surface area contributed by atoms with Crippen molar-refractivity contribution in [3.8, 4) is 0 Å². The number of Topliss-reactive ketones (excluding diaryl/α,β-unsaturated/α-hetero) is 1. The first kappa shape index (κ1) is 18.9. The normalized spacial score (nSPS) is 44.1. The van der Waals surface area contributed by atoms with Crippen molar-refractivity contribution in [3.05, 3.63) is 40.4 Å². The molecule has 4 unspecified atom stereocenters. The van der Waals surface area contributed by atoms with Gasteiger partial charge in [0.2, 0.25) is 0 Å². The Morgan fingerprint density at radius 1 is 0.964 bits per heavy atom. The van der Waals surface area contributed by atoms with Crippen molar-refractivity contribution >= 4 is 23.5 Å². The predicted octanol–water partition coefficient (Wildman–Crippen LogP) is 7.34. The van der Waals surface area contributed by atoms with Gasteiger partial charge in [0, 0.05) is 10.4 Å². The zero-order valence-corrected chi connectivity index (χ0v) is 18.1. The Balaban J connectivity index is 1.45. The highest BCUT2D eigenvalue weighted by Gasteiger charge is 2.60. The van der Waals surface area contributed by atoms with Gasteiger partial charge in [0.1, 0.15) is 0 Å². The molecule has 0 radical (unpaired) electrons. The topological polar surface area (TPSA) is 17.1 Å². The Morgan fingerprint density at radius 2 is 1.75 bits per heavy atom. The summed E-state index contributed by atoms with van der Waals surface area (Å²) in [5.41, 5.74) is 2.58. The fourth-order valence-corrected chi connectivity index (χ4v) is 7.98. The lowest BCUT2D eigenvalue weighted by Gasteiger charge is -2.59. The number of hydrogen-bond acceptors (Lipinski definition) is 1. The summed E-state index contributed by atoms with van der Waals surface area (Å²) in [6.07, 6.45) is 14.0. The molecule has 4 aliphatic carbocycles. The van der Waals surface area contributed by atoms with Gasteiger partial charge in [0.15, 0.2) is 5.78 Å². The third kappa shape index (κ3) is 2.76. The van der Waals surface area contributed by atoms with Crippen molar-refractivity contribution < 1.29 is 4.79 Å². The molecule has 4 aliphatic rings. The number of benzene rings is 1. The molecule has 0 heterocycles. The zero-order chi connectivity index (χ0) is 19.5. The first-order valence-corrected chi connectivity index (χ1v) is 11.8. The smallest absolute Gasteiger partial charge is 0.165 e. The maximum absolute atomic E-state index is 13.5. The van der Waals surface area contributed by atoms with Crippen molar-refractivity contribution in [3.63, 3.8) is 0 Å². The highest BCUT2D eigenvalue weighted by molar-refractivity contribution is 6.30. The van der Waals surface area contributed by atoms with E-state index in [0.29, 0.717) is 17.1 Å². The number of fused-ring (bicyclic) bond motifs is 5. The summed E-state index contributed by atoms with van der Waals surface area (Å²) in [5.74, 6) is 3.51. The molecule has 1 aromatic carbocycles. The highest BCUT2D eigenvalue weighted by atomic mass is 35.5. The lowest BCUT2D eigenvalue weighted by molar-refractivity contribution is -0.137. The molecule has 0 spiro atoms. The summed E-state index contributed by atoms with van der Waals surface area (Å²) < 4.78 is 0. The molecule has 0 saturated heterocycles. The SMILES string of the molecule is C[C@@]12CCCCC1CCC1C2CC[C@@]2(C)C(=O)/C(=C/c3ccc(Cl)cc3)CC12. The minimum atomic E-state index is -0.128. The standard InChI is InChI=1S/C26H33ClO/c1-25-13-4-3-5-19(25)8-11-21-22(25)12-14-26(2)23(21)16-18(24(26)28)15-17-6-9-20(27)10-7-17/h6-7,9-10,15,19,21-23H,3-5,8,11-14,16H2,1-2H3/b18-15+/t19?,21?,22?,23?,25-,26-/m1/s1. The quantitative estimate of drug-likeness (QED) is 0.454. The number of allylic oxidation sites excluding steroid dienone is 1. The second-order valence-electron chi connectivity index (χ2n) is 10.6. The van der Waals surface area contributed by atoms with Crippen LogP contribution in [0, 0.1) is 34.5 Å². The van der Waals surface area contributed by atoms with Crippen LogP contribution in [-0.4, -0.2) is 5.78 Å². The van der Waals surface area contributed by atoms with Crippen LogP contribution in [0.15, 0.2) is 29.8 Å². The average Bonchev–Trinajstić information content (AvgIpc) is 2.94. The van der Waals surface area contributed by atoms with Crippen LogP contribution in [0.4, 0.5) is 0 Å². The summed E-state index contributed by atoms with van der Waals surface area (Å²) in [6.45, 7) is 4.89. The third-order valence-corrected chi connectivity index (χ3v) is 9.69. The van der Waals surface area contributed by atoms with E-state index in [1.807, 2.05) is 24.3 Å². The molecule has 0 aromatic heterocycles. The number of ketones is 1. The van der Waals surface area contributed by atoms with Crippen LogP contribution in [0.3, 0.4) is 0 Å². The Hall–Kier alpha value is -1.08. The third-order valence-electron chi connectivity index (χ3n) is 9.43. The van der Waals surface area contributed by atoms with E-state index in [0.717, 1.165) is 46.8 Å². The molecule has 0 N–H and O–H groups in total. The number of carbonyl (C=O) groups excluding carboxylic acids is 1. The van der Waals surface area contributed by atoms with E-state index in [9.17, 15) is 4.79 Å². The minimum absolute atomic E-state index is 0.128. The molecule has 0 bridgehead atoms. The maximum atomic E-state index is 13.5. The molecule has 5 rings (SSSR count). The first-order valence-electron chi connectivity index (χ1n) is 11.4. The van der Waals surface area contributed by atoms with Gasteiger partial charge in [0.25, 0.3) is 0 Å². The summed E-state index contributed by atoms with van der Waals surface area (Å²) >= 11 is 6.04. The largest absolute Gasteiger partial charge is 0.294 e. The van der Waals surface area contributed by atoms with Gasteiger partial charge in [-0.05, 0) is 103 Å². The Labute approximate surface area is 174 Å². The molecule has 4 saturated carbocycles. The van der Waals surface area contributed by atoms with Gasteiger partial charge < -0.3 is 0 Å². The Bertz CT molecular complexity index is 808. The van der Waals surface area contributed by atoms with E-state index in [-0.39, 0.29) is 5.41 Å². The van der Waals surface area contributed by atoms with Crippen LogP contribution in [0.1, 0.15) is 77.2 Å². The van der Waals surface area contributed by atoms with Crippen molar-refractivity contribution in [2.45, 2.75) is 71.6 Å². The molecule has 150 valence electrons. The molecular formula is C26H33ClO. The van der Waals surface area contributed by atoms with E-state index >= 15 is 0 Å². The van der Waals surface area contributed by atoms with E-state index in [1.54, 1.807) is 0 Å². The molecule has 28 heavy (non-hydrogen) atoms. The Morgan fingerprint density at radius 3 is 2.54 bits per heavy atom. The molecule has 0 amide bonds. The lowest BCUT2D eigenvalue weighted by atomic mass is 9.45. The van der Waals surface area contributed by atoms with Gasteiger partial charge in [-0.2, -0.15) is 0 Å². The van der Waals surface area contributed by atoms with Crippen molar-refractivity contribution in [1.82, 2.24) is 0 Å². The monoisotopic (exact) mass is 396 g/mol. The van der Waals surface area contributed by atoms with Gasteiger partial charge >= 0.3 is 0 Å². The summed E-state index contributed by atoms with van der Waals surface area (Å²) in [7, 11) is 0. The van der Waals surface area contributed by atoms with E-state index < -0.39 is 0 Å². The molecule has 1 aromatic rings. The van der Waals surface area contributed by atoms with E-state index in [2.05, 4.69) is 19.9 Å². The minimum Gasteiger partial charge on any atom is -0.294 e. The van der Waals surface area contributed by atoms with Gasteiger partial charge in [-0.15, -0.1) is 0 Å². The maximum Gasteiger partial charge on any atom is 0.165 e. The van der Waals surface area contributed by atoms with Gasteiger partial charge in [0.05, 0.1) is 0 Å². The second kappa shape index (κ2) is 6.73. The van der Waals surface area contributed by atoms with Crippen LogP contribution in [0.25, 0.3) is 6.08 Å². The van der Waals surface area contributed by atoms with Gasteiger partial charge in [-0.3, -0.25) is 4.79 Å². The first-order chi connectivity index (χ1) is 13.4. The van der Waals surface area contributed by atoms with Crippen LogP contribution >= 0.6 is 11.6 Å². The molecule has 6 atom stereocenters. The molecular weight excluding hydrogens is 364 g/mol. The summed E-state index contributed by atoms with van der Waals surface area (Å²) in [5, 5.41) is 0.751. The fraction of sp³-hybridized carbons (Fsp3) is 0.654. The van der Waals surface area contributed by atoms with Crippen molar-refractivity contribution in [1.29, 1.82) is 0 Å².